The van der Waals surface area contributed by atoms with E-state index in [2.05, 4.69) is 4.90 Å². The molecule has 1 heterocycles. The van der Waals surface area contributed by atoms with Crippen LogP contribution in [0.5, 0.6) is 0 Å². The Morgan fingerprint density at radius 3 is 2.21 bits per heavy atom. The third kappa shape index (κ3) is 3.33. The van der Waals surface area contributed by atoms with Crippen molar-refractivity contribution in [2.75, 3.05) is 31.1 Å². The van der Waals surface area contributed by atoms with Gasteiger partial charge >= 0.3 is 0 Å². The Bertz CT molecular complexity index is 756. The maximum Gasteiger partial charge on any atom is 0.269 e. The Morgan fingerprint density at radius 2 is 1.62 bits per heavy atom. The number of halogens is 1. The van der Waals surface area contributed by atoms with Gasteiger partial charge < -0.3 is 9.80 Å². The molecule has 0 spiro atoms. The minimum Gasteiger partial charge on any atom is -0.368 e. The molecule has 0 bridgehead atoms. The molecule has 1 aliphatic heterocycles. The second-order valence-electron chi connectivity index (χ2n) is 5.53. The molecule has 6 nitrogen and oxygen atoms in total. The van der Waals surface area contributed by atoms with Crippen LogP contribution in [0.15, 0.2) is 48.5 Å². The highest BCUT2D eigenvalue weighted by Gasteiger charge is 2.23. The molecule has 0 aliphatic carbocycles. The van der Waals surface area contributed by atoms with Crippen molar-refractivity contribution in [1.29, 1.82) is 0 Å². The SMILES string of the molecule is O=C(c1ccccc1Cl)N1CCN(c2ccc([N+](=O)[O-])cc2)CC1. The van der Waals surface area contributed by atoms with Crippen LogP contribution in [0.2, 0.25) is 5.02 Å². The van der Waals surface area contributed by atoms with E-state index in [1.54, 1.807) is 41.3 Å². The van der Waals surface area contributed by atoms with Gasteiger partial charge in [-0.25, -0.2) is 0 Å². The molecule has 0 saturated carbocycles. The van der Waals surface area contributed by atoms with Gasteiger partial charge in [-0.05, 0) is 24.3 Å². The first kappa shape index (κ1) is 16.3. The Hall–Kier alpha value is -2.60. The second kappa shape index (κ2) is 6.88. The predicted molar refractivity (Wildman–Crippen MR) is 92.7 cm³/mol. The summed E-state index contributed by atoms with van der Waals surface area (Å²) in [5, 5.41) is 11.2. The first-order valence-corrected chi connectivity index (χ1v) is 7.97. The zero-order valence-electron chi connectivity index (χ0n) is 12.9. The molecule has 1 aliphatic rings. The number of nitrogens with zero attached hydrogens (tertiary/aromatic N) is 3. The van der Waals surface area contributed by atoms with Crippen LogP contribution in [0.25, 0.3) is 0 Å². The summed E-state index contributed by atoms with van der Waals surface area (Å²) >= 11 is 6.09. The van der Waals surface area contributed by atoms with Gasteiger partial charge in [0.15, 0.2) is 0 Å². The monoisotopic (exact) mass is 345 g/mol. The van der Waals surface area contributed by atoms with E-state index in [1.807, 2.05) is 0 Å². The summed E-state index contributed by atoms with van der Waals surface area (Å²) in [7, 11) is 0. The summed E-state index contributed by atoms with van der Waals surface area (Å²) in [4.78, 5) is 26.7. The molecule has 1 saturated heterocycles. The van der Waals surface area contributed by atoms with E-state index in [9.17, 15) is 14.9 Å². The highest BCUT2D eigenvalue weighted by molar-refractivity contribution is 6.33. The van der Waals surface area contributed by atoms with Gasteiger partial charge in [-0.2, -0.15) is 0 Å². The molecule has 2 aromatic carbocycles. The first-order valence-electron chi connectivity index (χ1n) is 7.59. The zero-order valence-corrected chi connectivity index (χ0v) is 13.6. The standard InChI is InChI=1S/C17H16ClN3O3/c18-16-4-2-1-3-15(16)17(22)20-11-9-19(10-12-20)13-5-7-14(8-6-13)21(23)24/h1-8H,9-12H2. The predicted octanol–water partition coefficient (Wildman–Crippen LogP) is 3.21. The van der Waals surface area contributed by atoms with E-state index in [1.165, 1.54) is 12.1 Å². The number of anilines is 1. The van der Waals surface area contributed by atoms with E-state index in [0.717, 1.165) is 5.69 Å². The molecule has 0 radical (unpaired) electrons. The lowest BCUT2D eigenvalue weighted by atomic mass is 10.1. The van der Waals surface area contributed by atoms with Gasteiger partial charge in [-0.3, -0.25) is 14.9 Å². The van der Waals surface area contributed by atoms with Gasteiger partial charge in [0.25, 0.3) is 11.6 Å². The zero-order chi connectivity index (χ0) is 17.1. The third-order valence-corrected chi connectivity index (χ3v) is 4.43. The Balaban J connectivity index is 1.64. The molecule has 1 fully saturated rings. The van der Waals surface area contributed by atoms with Gasteiger partial charge in [0.1, 0.15) is 0 Å². The molecule has 0 atom stereocenters. The molecular weight excluding hydrogens is 330 g/mol. The number of carbonyl (C=O) groups excluding carboxylic acids is 1. The quantitative estimate of drug-likeness (QED) is 0.633. The van der Waals surface area contributed by atoms with Crippen LogP contribution in [0, 0.1) is 10.1 Å². The number of benzene rings is 2. The molecular formula is C17H16ClN3O3. The number of nitro groups is 1. The highest BCUT2D eigenvalue weighted by Crippen LogP contribution is 2.22. The molecule has 0 aromatic heterocycles. The number of nitro benzene ring substituents is 1. The average Bonchev–Trinajstić information content (AvgIpc) is 2.62. The van der Waals surface area contributed by atoms with E-state index in [0.29, 0.717) is 36.8 Å². The van der Waals surface area contributed by atoms with E-state index >= 15 is 0 Å². The van der Waals surface area contributed by atoms with Crippen molar-refractivity contribution < 1.29 is 9.72 Å². The minimum atomic E-state index is -0.413. The normalized spacial score (nSPS) is 14.5. The van der Waals surface area contributed by atoms with Crippen molar-refractivity contribution in [2.24, 2.45) is 0 Å². The summed E-state index contributed by atoms with van der Waals surface area (Å²) in [6.07, 6.45) is 0. The van der Waals surface area contributed by atoms with Crippen molar-refractivity contribution in [2.45, 2.75) is 0 Å². The Labute approximate surface area is 144 Å². The molecule has 2 aromatic rings. The second-order valence-corrected chi connectivity index (χ2v) is 5.94. The van der Waals surface area contributed by atoms with Gasteiger partial charge in [0, 0.05) is 44.0 Å². The summed E-state index contributed by atoms with van der Waals surface area (Å²) in [5.41, 5.74) is 1.51. The lowest BCUT2D eigenvalue weighted by Crippen LogP contribution is -2.48. The maximum absolute atomic E-state index is 12.5. The molecule has 24 heavy (non-hydrogen) atoms. The number of rotatable bonds is 3. The molecule has 1 amide bonds. The van der Waals surface area contributed by atoms with Crippen LogP contribution in [0.1, 0.15) is 10.4 Å². The average molecular weight is 346 g/mol. The summed E-state index contributed by atoms with van der Waals surface area (Å²) in [5.74, 6) is -0.0658. The molecule has 124 valence electrons. The lowest BCUT2D eigenvalue weighted by Gasteiger charge is -2.36. The topological polar surface area (TPSA) is 66.7 Å². The van der Waals surface area contributed by atoms with Crippen molar-refractivity contribution in [3.8, 4) is 0 Å². The van der Waals surface area contributed by atoms with Crippen molar-refractivity contribution >= 4 is 28.9 Å². The smallest absolute Gasteiger partial charge is 0.269 e. The number of amides is 1. The number of piperazine rings is 1. The Morgan fingerprint density at radius 1 is 1.00 bits per heavy atom. The first-order chi connectivity index (χ1) is 11.6. The summed E-state index contributed by atoms with van der Waals surface area (Å²) in [6, 6.07) is 13.5. The van der Waals surface area contributed by atoms with Crippen LogP contribution in [-0.2, 0) is 0 Å². The van der Waals surface area contributed by atoms with E-state index in [-0.39, 0.29) is 11.6 Å². The van der Waals surface area contributed by atoms with Gasteiger partial charge in [-0.15, -0.1) is 0 Å². The number of carbonyl (C=O) groups is 1. The Kier molecular flexibility index (Phi) is 4.66. The van der Waals surface area contributed by atoms with E-state index in [4.69, 9.17) is 11.6 Å². The van der Waals surface area contributed by atoms with Crippen LogP contribution in [0.4, 0.5) is 11.4 Å². The minimum absolute atomic E-state index is 0.0658. The van der Waals surface area contributed by atoms with Gasteiger partial charge in [-0.1, -0.05) is 23.7 Å². The maximum atomic E-state index is 12.5. The van der Waals surface area contributed by atoms with Crippen LogP contribution in [-0.4, -0.2) is 41.9 Å². The third-order valence-electron chi connectivity index (χ3n) is 4.10. The molecule has 3 rings (SSSR count). The van der Waals surface area contributed by atoms with Crippen LogP contribution >= 0.6 is 11.6 Å². The van der Waals surface area contributed by atoms with Crippen molar-refractivity contribution in [3.05, 3.63) is 69.2 Å². The van der Waals surface area contributed by atoms with Crippen molar-refractivity contribution in [3.63, 3.8) is 0 Å². The summed E-state index contributed by atoms with van der Waals surface area (Å²) < 4.78 is 0. The molecule has 7 heteroatoms. The highest BCUT2D eigenvalue weighted by atomic mass is 35.5. The largest absolute Gasteiger partial charge is 0.368 e. The van der Waals surface area contributed by atoms with Crippen LogP contribution < -0.4 is 4.90 Å². The molecule has 0 N–H and O–H groups in total. The summed E-state index contributed by atoms with van der Waals surface area (Å²) in [6.45, 7) is 2.52. The van der Waals surface area contributed by atoms with Gasteiger partial charge in [0.05, 0.1) is 15.5 Å². The molecule has 0 unspecified atom stereocenters. The fourth-order valence-corrected chi connectivity index (χ4v) is 2.97. The fourth-order valence-electron chi connectivity index (χ4n) is 2.76. The number of hydrogen-bond acceptors (Lipinski definition) is 4. The van der Waals surface area contributed by atoms with Gasteiger partial charge in [0.2, 0.25) is 0 Å². The van der Waals surface area contributed by atoms with Crippen molar-refractivity contribution in [1.82, 2.24) is 4.90 Å². The fraction of sp³-hybridized carbons (Fsp3) is 0.235. The lowest BCUT2D eigenvalue weighted by molar-refractivity contribution is -0.384. The van der Waals surface area contributed by atoms with E-state index < -0.39 is 4.92 Å². The van der Waals surface area contributed by atoms with Crippen LogP contribution in [0.3, 0.4) is 0 Å². The number of non-ortho nitro benzene ring substituents is 1. The number of hydrogen-bond donors (Lipinski definition) is 0.